The van der Waals surface area contributed by atoms with Gasteiger partial charge < -0.3 is 11.1 Å². The summed E-state index contributed by atoms with van der Waals surface area (Å²) in [6.45, 7) is 0.405. The SMILES string of the molecule is Nc1cc(F)c(Br)cc1NCc1ccc(F)c(Cl)c1. The molecule has 0 bridgehead atoms. The third kappa shape index (κ3) is 3.36. The van der Waals surface area contributed by atoms with Crippen molar-refractivity contribution in [2.24, 2.45) is 0 Å². The first-order valence-corrected chi connectivity index (χ1v) is 6.57. The van der Waals surface area contributed by atoms with Gasteiger partial charge in [-0.1, -0.05) is 17.7 Å². The highest BCUT2D eigenvalue weighted by atomic mass is 79.9. The van der Waals surface area contributed by atoms with Crippen LogP contribution >= 0.6 is 27.5 Å². The maximum Gasteiger partial charge on any atom is 0.141 e. The predicted molar refractivity (Wildman–Crippen MR) is 77.2 cm³/mol. The quantitative estimate of drug-likeness (QED) is 0.798. The molecule has 0 saturated carbocycles. The van der Waals surface area contributed by atoms with Crippen LogP contribution in [0.1, 0.15) is 5.56 Å². The Labute approximate surface area is 122 Å². The number of halogens is 4. The van der Waals surface area contributed by atoms with Crippen LogP contribution in [-0.4, -0.2) is 0 Å². The average Bonchev–Trinajstić information content (AvgIpc) is 2.36. The molecule has 0 amide bonds. The molecule has 2 aromatic rings. The van der Waals surface area contributed by atoms with E-state index in [1.54, 1.807) is 12.1 Å². The van der Waals surface area contributed by atoms with Crippen molar-refractivity contribution in [3.63, 3.8) is 0 Å². The summed E-state index contributed by atoms with van der Waals surface area (Å²) >= 11 is 8.77. The van der Waals surface area contributed by atoms with Gasteiger partial charge in [0.05, 0.1) is 20.9 Å². The first-order valence-electron chi connectivity index (χ1n) is 5.39. The van der Waals surface area contributed by atoms with Gasteiger partial charge >= 0.3 is 0 Å². The van der Waals surface area contributed by atoms with Crippen molar-refractivity contribution in [3.05, 3.63) is 57.0 Å². The monoisotopic (exact) mass is 346 g/mol. The van der Waals surface area contributed by atoms with Crippen LogP contribution in [0.25, 0.3) is 0 Å². The van der Waals surface area contributed by atoms with Crippen LogP contribution in [-0.2, 0) is 6.54 Å². The Morgan fingerprint density at radius 1 is 1.16 bits per heavy atom. The van der Waals surface area contributed by atoms with Gasteiger partial charge in [-0.15, -0.1) is 0 Å². The molecule has 0 saturated heterocycles. The van der Waals surface area contributed by atoms with Crippen LogP contribution in [0, 0.1) is 11.6 Å². The molecule has 0 unspecified atom stereocenters. The molecule has 2 aromatic carbocycles. The molecule has 3 N–H and O–H groups in total. The molecule has 0 aliphatic rings. The van der Waals surface area contributed by atoms with E-state index in [-0.39, 0.29) is 5.02 Å². The zero-order chi connectivity index (χ0) is 14.0. The zero-order valence-corrected chi connectivity index (χ0v) is 12.0. The maximum absolute atomic E-state index is 13.2. The normalized spacial score (nSPS) is 10.5. The van der Waals surface area contributed by atoms with Crippen LogP contribution in [0.15, 0.2) is 34.8 Å². The third-order valence-corrected chi connectivity index (χ3v) is 3.46. The molecule has 0 radical (unpaired) electrons. The number of benzene rings is 2. The highest BCUT2D eigenvalue weighted by molar-refractivity contribution is 9.10. The molecule has 0 heterocycles. The minimum atomic E-state index is -0.463. The van der Waals surface area contributed by atoms with Crippen LogP contribution in [0.3, 0.4) is 0 Å². The third-order valence-electron chi connectivity index (χ3n) is 2.56. The fourth-order valence-electron chi connectivity index (χ4n) is 1.56. The second-order valence-corrected chi connectivity index (χ2v) is 5.22. The molecular formula is C13H10BrClF2N2. The van der Waals surface area contributed by atoms with E-state index in [1.807, 2.05) is 0 Å². The van der Waals surface area contributed by atoms with E-state index < -0.39 is 11.6 Å². The molecule has 0 aliphatic heterocycles. The highest BCUT2D eigenvalue weighted by Crippen LogP contribution is 2.27. The lowest BCUT2D eigenvalue weighted by Crippen LogP contribution is -2.03. The van der Waals surface area contributed by atoms with E-state index in [2.05, 4.69) is 21.2 Å². The topological polar surface area (TPSA) is 38.0 Å². The largest absolute Gasteiger partial charge is 0.397 e. The Balaban J connectivity index is 2.14. The minimum absolute atomic E-state index is 0.0626. The number of nitrogens with one attached hydrogen (secondary N) is 1. The summed E-state index contributed by atoms with van der Waals surface area (Å²) in [6.07, 6.45) is 0. The Hall–Kier alpha value is -1.33. The van der Waals surface area contributed by atoms with E-state index in [1.165, 1.54) is 18.2 Å². The van der Waals surface area contributed by atoms with Gasteiger partial charge in [0.25, 0.3) is 0 Å². The first-order chi connectivity index (χ1) is 8.97. The Bertz CT molecular complexity index is 620. The van der Waals surface area contributed by atoms with E-state index in [9.17, 15) is 8.78 Å². The molecule has 0 aromatic heterocycles. The Morgan fingerprint density at radius 2 is 1.89 bits per heavy atom. The van der Waals surface area contributed by atoms with Gasteiger partial charge in [0.2, 0.25) is 0 Å². The van der Waals surface area contributed by atoms with E-state index in [0.717, 1.165) is 5.56 Å². The van der Waals surface area contributed by atoms with Crippen LogP contribution in [0.4, 0.5) is 20.2 Å². The Kier molecular flexibility index (Phi) is 4.27. The number of hydrogen-bond acceptors (Lipinski definition) is 2. The van der Waals surface area contributed by atoms with Crippen molar-refractivity contribution >= 4 is 38.9 Å². The van der Waals surface area contributed by atoms with Crippen LogP contribution in [0.5, 0.6) is 0 Å². The molecule has 2 nitrogen and oxygen atoms in total. The van der Waals surface area contributed by atoms with Crippen molar-refractivity contribution in [1.29, 1.82) is 0 Å². The summed E-state index contributed by atoms with van der Waals surface area (Å²) < 4.78 is 26.5. The number of anilines is 2. The van der Waals surface area contributed by atoms with Gasteiger partial charge in [-0.3, -0.25) is 0 Å². The van der Waals surface area contributed by atoms with E-state index in [4.69, 9.17) is 17.3 Å². The second-order valence-electron chi connectivity index (χ2n) is 3.96. The van der Waals surface area contributed by atoms with Gasteiger partial charge in [-0.05, 0) is 39.7 Å². The number of nitrogen functional groups attached to an aromatic ring is 1. The number of rotatable bonds is 3. The molecule has 0 atom stereocenters. The predicted octanol–water partition coefficient (Wildman–Crippen LogP) is 4.58. The molecule has 0 spiro atoms. The van der Waals surface area contributed by atoms with Gasteiger partial charge in [0.1, 0.15) is 11.6 Å². The fraction of sp³-hybridized carbons (Fsp3) is 0.0769. The zero-order valence-electron chi connectivity index (χ0n) is 9.68. The average molecular weight is 348 g/mol. The molecule has 0 fully saturated rings. The number of nitrogens with two attached hydrogens (primary N) is 1. The molecule has 0 aliphatic carbocycles. The van der Waals surface area contributed by atoms with Crippen LogP contribution < -0.4 is 11.1 Å². The molecule has 2 rings (SSSR count). The second kappa shape index (κ2) is 5.75. The summed E-state index contributed by atoms with van der Waals surface area (Å²) in [5.74, 6) is -0.887. The molecule has 100 valence electrons. The smallest absolute Gasteiger partial charge is 0.141 e. The van der Waals surface area contributed by atoms with Crippen molar-refractivity contribution in [3.8, 4) is 0 Å². The summed E-state index contributed by atoms with van der Waals surface area (Å²) in [5.41, 5.74) is 7.39. The van der Waals surface area contributed by atoms with Crippen molar-refractivity contribution < 1.29 is 8.78 Å². The standard InChI is InChI=1S/C13H10BrClF2N2/c14-8-4-13(12(18)5-11(8)17)19-6-7-1-2-10(16)9(15)3-7/h1-5,19H,6,18H2. The van der Waals surface area contributed by atoms with Gasteiger partial charge in [0, 0.05) is 12.6 Å². The van der Waals surface area contributed by atoms with E-state index >= 15 is 0 Å². The van der Waals surface area contributed by atoms with Crippen molar-refractivity contribution in [1.82, 2.24) is 0 Å². The summed E-state index contributed by atoms with van der Waals surface area (Å²) in [4.78, 5) is 0. The minimum Gasteiger partial charge on any atom is -0.397 e. The fourth-order valence-corrected chi connectivity index (χ4v) is 2.11. The van der Waals surface area contributed by atoms with Gasteiger partial charge in [0.15, 0.2) is 0 Å². The lowest BCUT2D eigenvalue weighted by molar-refractivity contribution is 0.622. The molecule has 19 heavy (non-hydrogen) atoms. The van der Waals surface area contributed by atoms with Crippen molar-refractivity contribution in [2.45, 2.75) is 6.54 Å². The van der Waals surface area contributed by atoms with Gasteiger partial charge in [-0.2, -0.15) is 0 Å². The lowest BCUT2D eigenvalue weighted by Gasteiger charge is -2.11. The van der Waals surface area contributed by atoms with Crippen molar-refractivity contribution in [2.75, 3.05) is 11.1 Å². The molecule has 6 heteroatoms. The maximum atomic E-state index is 13.2. The number of hydrogen-bond donors (Lipinski definition) is 2. The summed E-state index contributed by atoms with van der Waals surface area (Å²) in [5, 5.41) is 3.10. The lowest BCUT2D eigenvalue weighted by atomic mass is 10.2. The highest BCUT2D eigenvalue weighted by Gasteiger charge is 2.06. The summed E-state index contributed by atoms with van der Waals surface area (Å²) in [7, 11) is 0. The summed E-state index contributed by atoms with van der Waals surface area (Å²) in [6, 6.07) is 7.21. The molecular weight excluding hydrogens is 338 g/mol. The van der Waals surface area contributed by atoms with Gasteiger partial charge in [-0.25, -0.2) is 8.78 Å². The first kappa shape index (κ1) is 14.1. The van der Waals surface area contributed by atoms with Crippen LogP contribution in [0.2, 0.25) is 5.02 Å². The Morgan fingerprint density at radius 3 is 2.58 bits per heavy atom. The van der Waals surface area contributed by atoms with E-state index in [0.29, 0.717) is 22.4 Å².